The van der Waals surface area contributed by atoms with Crippen molar-refractivity contribution in [1.29, 1.82) is 0 Å². The average Bonchev–Trinajstić information content (AvgIpc) is 2.43. The lowest BCUT2D eigenvalue weighted by atomic mass is 9.87. The Kier molecular flexibility index (Phi) is 2.45. The number of thiophene rings is 1. The van der Waals surface area contributed by atoms with Crippen LogP contribution < -0.4 is 5.73 Å². The first-order valence-electron chi connectivity index (χ1n) is 5.36. The van der Waals surface area contributed by atoms with Gasteiger partial charge in [-0.15, -0.1) is 11.3 Å². The molecule has 0 bridgehead atoms. The van der Waals surface area contributed by atoms with Crippen LogP contribution >= 0.6 is 11.3 Å². The molecule has 2 N–H and O–H groups in total. The number of fused-ring (bicyclic) bond motifs is 1. The van der Waals surface area contributed by atoms with Gasteiger partial charge in [0.1, 0.15) is 0 Å². The molecule has 1 aliphatic rings. The molecule has 1 aromatic heterocycles. The highest BCUT2D eigenvalue weighted by molar-refractivity contribution is 7.10. The molecular weight excluding hydrogens is 206 g/mol. The van der Waals surface area contributed by atoms with E-state index in [2.05, 4.69) is 33.1 Å². The second-order valence-corrected chi connectivity index (χ2v) is 6.20. The maximum Gasteiger partial charge on any atom is 0.0976 e. The second kappa shape index (κ2) is 3.30. The zero-order chi connectivity index (χ0) is 11.3. The van der Waals surface area contributed by atoms with Crippen molar-refractivity contribution < 1.29 is 4.74 Å². The van der Waals surface area contributed by atoms with E-state index in [1.54, 1.807) is 11.3 Å². The van der Waals surface area contributed by atoms with E-state index in [0.717, 1.165) is 6.42 Å². The molecule has 0 saturated heterocycles. The van der Waals surface area contributed by atoms with Crippen LogP contribution in [0, 0.1) is 0 Å². The molecule has 2 rings (SSSR count). The molecular formula is C12H19NOS. The summed E-state index contributed by atoms with van der Waals surface area (Å²) >= 11 is 1.78. The Morgan fingerprint density at radius 2 is 2.07 bits per heavy atom. The number of nitrogens with two attached hydrogens (primary N) is 1. The second-order valence-electron chi connectivity index (χ2n) is 5.32. The van der Waals surface area contributed by atoms with E-state index in [9.17, 15) is 0 Å². The molecule has 1 aromatic rings. The molecule has 2 nitrogen and oxygen atoms in total. The highest BCUT2D eigenvalue weighted by Gasteiger charge is 2.40. The molecule has 0 aromatic carbocycles. The van der Waals surface area contributed by atoms with E-state index in [1.165, 1.54) is 16.0 Å². The maximum atomic E-state index is 6.12. The first kappa shape index (κ1) is 11.1. The summed E-state index contributed by atoms with van der Waals surface area (Å²) in [6, 6.07) is 0. The van der Waals surface area contributed by atoms with E-state index in [-0.39, 0.29) is 11.2 Å². The Hall–Kier alpha value is -0.380. The minimum Gasteiger partial charge on any atom is -0.364 e. The standard InChI is InChI=1S/C12H19NOS/c1-11(2)5-9-8(6-13)7-15-10(9)12(3,4)14-11/h7H,5-6,13H2,1-4H3. The Labute approximate surface area is 95.4 Å². The summed E-state index contributed by atoms with van der Waals surface area (Å²) in [5.74, 6) is 0. The summed E-state index contributed by atoms with van der Waals surface area (Å²) in [5, 5.41) is 2.18. The summed E-state index contributed by atoms with van der Waals surface area (Å²) in [5.41, 5.74) is 8.22. The van der Waals surface area contributed by atoms with E-state index in [4.69, 9.17) is 10.5 Å². The van der Waals surface area contributed by atoms with Gasteiger partial charge in [-0.3, -0.25) is 0 Å². The Balaban J connectivity index is 2.52. The van der Waals surface area contributed by atoms with Crippen molar-refractivity contribution in [2.45, 2.75) is 51.9 Å². The minimum absolute atomic E-state index is 0.0819. The number of ether oxygens (including phenoxy) is 1. The fourth-order valence-corrected chi connectivity index (χ4v) is 3.66. The highest BCUT2D eigenvalue weighted by Crippen LogP contribution is 2.44. The van der Waals surface area contributed by atoms with Gasteiger partial charge in [-0.1, -0.05) is 0 Å². The van der Waals surface area contributed by atoms with Gasteiger partial charge in [0.15, 0.2) is 0 Å². The smallest absolute Gasteiger partial charge is 0.0976 e. The van der Waals surface area contributed by atoms with Crippen molar-refractivity contribution in [2.24, 2.45) is 5.73 Å². The van der Waals surface area contributed by atoms with Crippen molar-refractivity contribution in [3.05, 3.63) is 21.4 Å². The minimum atomic E-state index is -0.171. The summed E-state index contributed by atoms with van der Waals surface area (Å²) in [6.07, 6.45) is 0.974. The lowest BCUT2D eigenvalue weighted by molar-refractivity contribution is -0.136. The third kappa shape index (κ3) is 1.84. The molecule has 0 spiro atoms. The zero-order valence-electron chi connectivity index (χ0n) is 9.89. The fraction of sp³-hybridized carbons (Fsp3) is 0.667. The topological polar surface area (TPSA) is 35.2 Å². The molecule has 1 aliphatic heterocycles. The van der Waals surface area contributed by atoms with Gasteiger partial charge >= 0.3 is 0 Å². The molecule has 0 saturated carbocycles. The first-order valence-corrected chi connectivity index (χ1v) is 6.24. The van der Waals surface area contributed by atoms with Crippen LogP contribution in [-0.4, -0.2) is 5.60 Å². The molecule has 15 heavy (non-hydrogen) atoms. The van der Waals surface area contributed by atoms with Crippen LogP contribution in [0.3, 0.4) is 0 Å². The van der Waals surface area contributed by atoms with Crippen LogP contribution in [-0.2, 0) is 23.3 Å². The SMILES string of the molecule is CC1(C)Cc2c(CN)csc2C(C)(C)O1. The molecule has 0 unspecified atom stereocenters. The van der Waals surface area contributed by atoms with Gasteiger partial charge in [0.05, 0.1) is 11.2 Å². The summed E-state index contributed by atoms with van der Waals surface area (Å²) in [7, 11) is 0. The van der Waals surface area contributed by atoms with Crippen molar-refractivity contribution in [3.63, 3.8) is 0 Å². The quantitative estimate of drug-likeness (QED) is 0.797. The van der Waals surface area contributed by atoms with Crippen LogP contribution in [0.2, 0.25) is 0 Å². The van der Waals surface area contributed by atoms with Gasteiger partial charge in [0.2, 0.25) is 0 Å². The maximum absolute atomic E-state index is 6.12. The number of rotatable bonds is 1. The van der Waals surface area contributed by atoms with Crippen molar-refractivity contribution in [3.8, 4) is 0 Å². The van der Waals surface area contributed by atoms with Crippen molar-refractivity contribution in [1.82, 2.24) is 0 Å². The number of hydrogen-bond acceptors (Lipinski definition) is 3. The van der Waals surface area contributed by atoms with Gasteiger partial charge in [-0.25, -0.2) is 0 Å². The van der Waals surface area contributed by atoms with Gasteiger partial charge in [0, 0.05) is 17.8 Å². The summed E-state index contributed by atoms with van der Waals surface area (Å²) in [6.45, 7) is 9.22. The van der Waals surface area contributed by atoms with E-state index in [1.807, 2.05) is 0 Å². The number of hydrogen-bond donors (Lipinski definition) is 1. The third-order valence-electron chi connectivity index (χ3n) is 2.88. The van der Waals surface area contributed by atoms with Crippen molar-refractivity contribution in [2.75, 3.05) is 0 Å². The first-order chi connectivity index (χ1) is 6.86. The molecule has 0 radical (unpaired) electrons. The molecule has 0 atom stereocenters. The third-order valence-corrected chi connectivity index (χ3v) is 4.26. The normalized spacial score (nSPS) is 22.5. The van der Waals surface area contributed by atoms with Gasteiger partial charge < -0.3 is 10.5 Å². The Morgan fingerprint density at radius 3 is 2.67 bits per heavy atom. The molecule has 0 fully saturated rings. The Morgan fingerprint density at radius 1 is 1.40 bits per heavy atom. The molecule has 3 heteroatoms. The van der Waals surface area contributed by atoms with Crippen LogP contribution in [0.25, 0.3) is 0 Å². The predicted molar refractivity (Wildman–Crippen MR) is 64.1 cm³/mol. The van der Waals surface area contributed by atoms with Crippen molar-refractivity contribution >= 4 is 11.3 Å². The Bertz CT molecular complexity index is 379. The van der Waals surface area contributed by atoms with E-state index in [0.29, 0.717) is 6.54 Å². The predicted octanol–water partition coefficient (Wildman–Crippen LogP) is 2.79. The zero-order valence-corrected chi connectivity index (χ0v) is 10.7. The van der Waals surface area contributed by atoms with Gasteiger partial charge in [-0.2, -0.15) is 0 Å². The highest BCUT2D eigenvalue weighted by atomic mass is 32.1. The van der Waals surface area contributed by atoms with Crippen LogP contribution in [0.5, 0.6) is 0 Å². The molecule has 84 valence electrons. The van der Waals surface area contributed by atoms with E-state index < -0.39 is 0 Å². The van der Waals surface area contributed by atoms with Gasteiger partial charge in [-0.05, 0) is 44.2 Å². The monoisotopic (exact) mass is 225 g/mol. The summed E-state index contributed by atoms with van der Waals surface area (Å²) < 4.78 is 6.12. The lowest BCUT2D eigenvalue weighted by Crippen LogP contribution is -2.41. The van der Waals surface area contributed by atoms with Crippen LogP contribution in [0.1, 0.15) is 43.7 Å². The largest absolute Gasteiger partial charge is 0.364 e. The molecule has 0 amide bonds. The summed E-state index contributed by atoms with van der Waals surface area (Å²) in [4.78, 5) is 1.35. The van der Waals surface area contributed by atoms with Gasteiger partial charge in [0.25, 0.3) is 0 Å². The molecule has 2 heterocycles. The lowest BCUT2D eigenvalue weighted by Gasteiger charge is -2.41. The average molecular weight is 225 g/mol. The van der Waals surface area contributed by atoms with Crippen LogP contribution in [0.15, 0.2) is 5.38 Å². The fourth-order valence-electron chi connectivity index (χ4n) is 2.49. The van der Waals surface area contributed by atoms with E-state index >= 15 is 0 Å². The van der Waals surface area contributed by atoms with Crippen LogP contribution in [0.4, 0.5) is 0 Å². The molecule has 0 aliphatic carbocycles.